The van der Waals surface area contributed by atoms with Crippen LogP contribution in [0, 0.1) is 11.6 Å². The Hall–Kier alpha value is -2.94. The van der Waals surface area contributed by atoms with E-state index in [1.807, 2.05) is 0 Å². The van der Waals surface area contributed by atoms with E-state index in [9.17, 15) is 0 Å². The minimum Gasteiger partial charge on any atom is -0.205 e. The molecule has 0 atom stereocenters. The maximum absolute atomic E-state index is 15.5. The van der Waals surface area contributed by atoms with Gasteiger partial charge in [0, 0.05) is 39.7 Å². The number of hydrogen-bond donors (Lipinski definition) is 0. The number of fused-ring (bicyclic) bond motifs is 12. The van der Waals surface area contributed by atoms with Gasteiger partial charge in [0.15, 0.2) is 11.6 Å². The van der Waals surface area contributed by atoms with Crippen molar-refractivity contribution in [3.8, 4) is 41.8 Å². The Labute approximate surface area is 317 Å². The highest BCUT2D eigenvalue weighted by Crippen LogP contribution is 2.63. The third-order valence-electron chi connectivity index (χ3n) is 10.4. The summed E-state index contributed by atoms with van der Waals surface area (Å²) in [6.45, 7) is 9.19. The molecule has 0 spiro atoms. The van der Waals surface area contributed by atoms with Gasteiger partial charge in [0.05, 0.1) is 54.0 Å². The summed E-state index contributed by atoms with van der Waals surface area (Å²) in [6, 6.07) is 12.1. The summed E-state index contributed by atoms with van der Waals surface area (Å²) < 4.78 is 53.2. The van der Waals surface area contributed by atoms with Gasteiger partial charge in [-0.2, -0.15) is 17.5 Å². The van der Waals surface area contributed by atoms with Crippen molar-refractivity contribution < 1.29 is 8.78 Å². The molecule has 6 aromatic heterocycles. The summed E-state index contributed by atoms with van der Waals surface area (Å²) in [5.41, 5.74) is 10.4. The minimum absolute atomic E-state index is 0.0572. The number of halogens is 4. The van der Waals surface area contributed by atoms with Crippen molar-refractivity contribution >= 4 is 133 Å². The second-order valence-corrected chi connectivity index (χ2v) is 19.9. The van der Waals surface area contributed by atoms with E-state index < -0.39 is 11.6 Å². The van der Waals surface area contributed by atoms with Crippen LogP contribution >= 0.6 is 92.0 Å². The third kappa shape index (κ3) is 3.73. The van der Waals surface area contributed by atoms with E-state index in [2.05, 4.69) is 69.5 Å². The molecule has 0 saturated heterocycles. The molecule has 11 rings (SSSR count). The van der Waals surface area contributed by atoms with Gasteiger partial charge in [0.1, 0.15) is 22.1 Å². The van der Waals surface area contributed by atoms with Gasteiger partial charge in [0.2, 0.25) is 0 Å². The van der Waals surface area contributed by atoms with E-state index in [1.165, 1.54) is 52.5 Å². The van der Waals surface area contributed by atoms with Crippen LogP contribution in [0.1, 0.15) is 49.9 Å². The van der Waals surface area contributed by atoms with E-state index in [-0.39, 0.29) is 20.9 Å². The zero-order chi connectivity index (χ0) is 34.2. The van der Waals surface area contributed by atoms with Gasteiger partial charge in [-0.15, -0.1) is 45.3 Å². The number of nitrogens with zero attached hydrogens (tertiary/aromatic N) is 4. The minimum atomic E-state index is -0.455. The van der Waals surface area contributed by atoms with Gasteiger partial charge >= 0.3 is 0 Å². The van der Waals surface area contributed by atoms with Crippen molar-refractivity contribution in [1.82, 2.24) is 17.5 Å². The smallest absolute Gasteiger partial charge is 0.152 e. The summed E-state index contributed by atoms with van der Waals surface area (Å²) in [6.07, 6.45) is 0. The molecule has 0 amide bonds. The molecule has 6 heterocycles. The van der Waals surface area contributed by atoms with Gasteiger partial charge < -0.3 is 0 Å². The molecule has 3 aromatic carbocycles. The molecular formula is C36H18Cl2F2N4S6. The lowest BCUT2D eigenvalue weighted by Crippen LogP contribution is -2.17. The summed E-state index contributed by atoms with van der Waals surface area (Å²) >= 11 is 21.5. The molecule has 9 aromatic rings. The van der Waals surface area contributed by atoms with Crippen molar-refractivity contribution in [3.05, 3.63) is 80.3 Å². The second kappa shape index (κ2) is 9.93. The molecule has 14 heteroatoms. The normalized spacial score (nSPS) is 15.5. The molecular weight excluding hydrogens is 790 g/mol. The lowest BCUT2D eigenvalue weighted by molar-refractivity contribution is 0.633. The first-order valence-electron chi connectivity index (χ1n) is 15.5. The second-order valence-electron chi connectivity index (χ2n) is 13.8. The average Bonchev–Trinajstić information content (AvgIpc) is 3.91. The molecule has 0 N–H and O–H groups in total. The quantitative estimate of drug-likeness (QED) is 0.175. The highest BCUT2D eigenvalue weighted by Gasteiger charge is 2.45. The number of aromatic nitrogens is 4. The summed E-state index contributed by atoms with van der Waals surface area (Å²) in [4.78, 5) is 4.18. The van der Waals surface area contributed by atoms with E-state index in [1.54, 1.807) is 57.5 Å². The van der Waals surface area contributed by atoms with Crippen LogP contribution in [0.4, 0.5) is 8.78 Å². The van der Waals surface area contributed by atoms with Crippen LogP contribution in [0.15, 0.2) is 36.4 Å². The Morgan fingerprint density at radius 1 is 0.560 bits per heavy atom. The zero-order valence-corrected chi connectivity index (χ0v) is 32.6. The van der Waals surface area contributed by atoms with Crippen LogP contribution in [0.2, 0.25) is 10.0 Å². The predicted octanol–water partition coefficient (Wildman–Crippen LogP) is 13.8. The highest BCUT2D eigenvalue weighted by atomic mass is 35.5. The first-order valence-corrected chi connectivity index (χ1v) is 21.0. The SMILES string of the molecule is CC1(C)c2cc3c(cc2-c2sc4cc(-c5c(F)c(Cl)cc6nsnc56)sc4c21)C(C)(C)c1c-3sc2cc(-c3c(F)c(Cl)cc4nsnc34)sc12. The van der Waals surface area contributed by atoms with Gasteiger partial charge in [-0.3, -0.25) is 0 Å². The monoisotopic (exact) mass is 806 g/mol. The fourth-order valence-corrected chi connectivity index (χ4v) is 15.5. The largest absolute Gasteiger partial charge is 0.205 e. The number of thiophene rings is 4. The molecule has 0 fully saturated rings. The Balaban J connectivity index is 1.06. The van der Waals surface area contributed by atoms with Crippen LogP contribution in [0.25, 0.3) is 82.6 Å². The molecule has 0 radical (unpaired) electrons. The maximum Gasteiger partial charge on any atom is 0.152 e. The van der Waals surface area contributed by atoms with Crippen molar-refractivity contribution in [2.24, 2.45) is 0 Å². The average molecular weight is 808 g/mol. The van der Waals surface area contributed by atoms with E-state index >= 15 is 8.78 Å². The lowest BCUT2D eigenvalue weighted by atomic mass is 9.79. The van der Waals surface area contributed by atoms with Crippen LogP contribution < -0.4 is 0 Å². The van der Waals surface area contributed by atoms with Gasteiger partial charge in [0.25, 0.3) is 0 Å². The Morgan fingerprint density at radius 3 is 1.40 bits per heavy atom. The van der Waals surface area contributed by atoms with Crippen molar-refractivity contribution in [2.75, 3.05) is 0 Å². The van der Waals surface area contributed by atoms with E-state index in [4.69, 9.17) is 23.2 Å². The molecule has 50 heavy (non-hydrogen) atoms. The van der Waals surface area contributed by atoms with Gasteiger partial charge in [-0.25, -0.2) is 8.78 Å². The van der Waals surface area contributed by atoms with E-state index in [0.29, 0.717) is 33.2 Å². The lowest BCUT2D eigenvalue weighted by Gasteiger charge is -2.24. The first kappa shape index (κ1) is 30.7. The maximum atomic E-state index is 15.5. The molecule has 246 valence electrons. The molecule has 4 nitrogen and oxygen atoms in total. The summed E-state index contributed by atoms with van der Waals surface area (Å²) in [5.74, 6) is -0.910. The Morgan fingerprint density at radius 2 is 0.980 bits per heavy atom. The fourth-order valence-electron chi connectivity index (χ4n) is 8.01. The van der Waals surface area contributed by atoms with E-state index in [0.717, 1.165) is 42.6 Å². The van der Waals surface area contributed by atoms with Crippen LogP contribution in [0.3, 0.4) is 0 Å². The van der Waals surface area contributed by atoms with Crippen LogP contribution in [-0.2, 0) is 10.8 Å². The van der Waals surface area contributed by atoms with Crippen molar-refractivity contribution in [2.45, 2.75) is 38.5 Å². The summed E-state index contributed by atoms with van der Waals surface area (Å²) in [7, 11) is 0. The number of hydrogen-bond acceptors (Lipinski definition) is 10. The number of benzene rings is 3. The van der Waals surface area contributed by atoms with Gasteiger partial charge in [-0.05, 0) is 69.8 Å². The molecule has 2 aliphatic carbocycles. The van der Waals surface area contributed by atoms with Crippen molar-refractivity contribution in [3.63, 3.8) is 0 Å². The molecule has 2 aliphatic rings. The standard InChI is InChI=1S/C36H18Cl2F2N4S6/c1-35(2)13-5-12-14(6-11(13)31-25(35)33-21(47-31)9-19(45-33)23-27(39)15(37)7-17-29(23)43-49-41-17)36(3,4)26-32(12)48-22-10-20(46-34(22)26)24-28(40)16(38)8-18-30(24)44-50-42-18/h5-10H,1-4H3. The zero-order valence-electron chi connectivity index (χ0n) is 26.2. The Bertz CT molecular complexity index is 2810. The van der Waals surface area contributed by atoms with Crippen LogP contribution in [0.5, 0.6) is 0 Å². The van der Waals surface area contributed by atoms with Crippen molar-refractivity contribution in [1.29, 1.82) is 0 Å². The molecule has 0 bridgehead atoms. The van der Waals surface area contributed by atoms with Gasteiger partial charge in [-0.1, -0.05) is 50.9 Å². The number of rotatable bonds is 2. The fraction of sp³-hybridized carbons (Fsp3) is 0.167. The topological polar surface area (TPSA) is 51.6 Å². The molecule has 0 unspecified atom stereocenters. The third-order valence-corrected chi connectivity index (χ3v) is 16.9. The molecule has 0 aliphatic heterocycles. The highest BCUT2D eigenvalue weighted by molar-refractivity contribution is 7.32. The predicted molar refractivity (Wildman–Crippen MR) is 211 cm³/mol. The van der Waals surface area contributed by atoms with Crippen LogP contribution in [-0.4, -0.2) is 17.5 Å². The molecule has 0 saturated carbocycles. The summed E-state index contributed by atoms with van der Waals surface area (Å²) in [5, 5.41) is 0.114. The Kier molecular flexibility index (Phi) is 6.09. The first-order chi connectivity index (χ1) is 23.9.